The van der Waals surface area contributed by atoms with Crippen LogP contribution in [0.4, 0.5) is 0 Å². The Morgan fingerprint density at radius 1 is 1.08 bits per heavy atom. The summed E-state index contributed by atoms with van der Waals surface area (Å²) in [5.74, 6) is -0.184. The van der Waals surface area contributed by atoms with Crippen LogP contribution in [0.2, 0.25) is 5.02 Å². The van der Waals surface area contributed by atoms with E-state index in [1.165, 1.54) is 0 Å². The molecule has 0 fully saturated rings. The van der Waals surface area contributed by atoms with Crippen LogP contribution in [0.15, 0.2) is 54.6 Å². The van der Waals surface area contributed by atoms with Crippen molar-refractivity contribution in [2.75, 3.05) is 6.61 Å². The molecule has 0 aliphatic heterocycles. The molecule has 136 valence electrons. The summed E-state index contributed by atoms with van der Waals surface area (Å²) in [7, 11) is 0. The van der Waals surface area contributed by atoms with E-state index in [0.717, 1.165) is 17.5 Å². The maximum Gasteiger partial charge on any atom is 0.306 e. The molecule has 2 aromatic rings. The molecule has 0 heterocycles. The van der Waals surface area contributed by atoms with E-state index in [4.69, 9.17) is 16.3 Å². The largest absolute Gasteiger partial charge is 0.466 e. The first-order valence-corrected chi connectivity index (χ1v) is 9.10. The monoisotopic (exact) mass is 370 g/mol. The lowest BCUT2D eigenvalue weighted by Gasteiger charge is -2.09. The summed E-state index contributed by atoms with van der Waals surface area (Å²) in [6.45, 7) is 4.18. The highest BCUT2D eigenvalue weighted by Crippen LogP contribution is 2.20. The first kappa shape index (κ1) is 19.9. The van der Waals surface area contributed by atoms with Gasteiger partial charge in [0, 0.05) is 22.6 Å². The summed E-state index contributed by atoms with van der Waals surface area (Å²) in [5.41, 5.74) is 3.39. The third kappa shape index (κ3) is 5.57. The van der Waals surface area contributed by atoms with E-state index in [1.807, 2.05) is 37.3 Å². The highest BCUT2D eigenvalue weighted by molar-refractivity contribution is 6.30. The van der Waals surface area contributed by atoms with Crippen LogP contribution in [0.1, 0.15) is 46.8 Å². The Morgan fingerprint density at radius 2 is 1.81 bits per heavy atom. The second-order valence-corrected chi connectivity index (χ2v) is 6.38. The molecule has 0 aliphatic rings. The number of hydrogen-bond donors (Lipinski definition) is 0. The van der Waals surface area contributed by atoms with Gasteiger partial charge in [0.25, 0.3) is 0 Å². The number of carbonyl (C=O) groups excluding carboxylic acids is 2. The van der Waals surface area contributed by atoms with Crippen molar-refractivity contribution in [2.24, 2.45) is 0 Å². The Kier molecular flexibility index (Phi) is 7.61. The number of carbonyl (C=O) groups is 2. The Labute approximate surface area is 159 Å². The number of ketones is 1. The fraction of sp³-hybridized carbons (Fsp3) is 0.273. The molecule has 0 aliphatic carbocycles. The SMILES string of the molecule is CCOC(=O)CCC=CCc1cccc(C(=O)c2ccc(Cl)cc2)c1C. The van der Waals surface area contributed by atoms with Crippen molar-refractivity contribution in [2.45, 2.75) is 33.1 Å². The van der Waals surface area contributed by atoms with Crippen LogP contribution >= 0.6 is 11.6 Å². The van der Waals surface area contributed by atoms with Crippen LogP contribution in [0.3, 0.4) is 0 Å². The first-order valence-electron chi connectivity index (χ1n) is 8.72. The molecule has 0 saturated carbocycles. The van der Waals surface area contributed by atoms with E-state index in [1.54, 1.807) is 31.2 Å². The number of allylic oxidation sites excluding steroid dienone is 2. The van der Waals surface area contributed by atoms with Crippen molar-refractivity contribution in [3.8, 4) is 0 Å². The number of hydrogen-bond acceptors (Lipinski definition) is 3. The van der Waals surface area contributed by atoms with Crippen molar-refractivity contribution in [1.82, 2.24) is 0 Å². The summed E-state index contributed by atoms with van der Waals surface area (Å²) >= 11 is 5.89. The van der Waals surface area contributed by atoms with Gasteiger partial charge in [0.2, 0.25) is 0 Å². The van der Waals surface area contributed by atoms with E-state index in [2.05, 4.69) is 0 Å². The van der Waals surface area contributed by atoms with Crippen molar-refractivity contribution in [3.63, 3.8) is 0 Å². The predicted octanol–water partition coefficient (Wildman–Crippen LogP) is 5.32. The van der Waals surface area contributed by atoms with Crippen molar-refractivity contribution >= 4 is 23.4 Å². The van der Waals surface area contributed by atoms with Gasteiger partial charge in [-0.15, -0.1) is 0 Å². The lowest BCUT2D eigenvalue weighted by molar-refractivity contribution is -0.143. The topological polar surface area (TPSA) is 43.4 Å². The van der Waals surface area contributed by atoms with Crippen LogP contribution in [-0.4, -0.2) is 18.4 Å². The average molecular weight is 371 g/mol. The van der Waals surface area contributed by atoms with E-state index in [0.29, 0.717) is 35.6 Å². The standard InChI is InChI=1S/C22H23ClO3/c1-3-26-21(24)11-6-4-5-8-17-9-7-10-20(16(17)2)22(25)18-12-14-19(23)15-13-18/h4-5,7,9-10,12-15H,3,6,8,11H2,1-2H3. The lowest BCUT2D eigenvalue weighted by atomic mass is 9.94. The predicted molar refractivity (Wildman–Crippen MR) is 105 cm³/mol. The van der Waals surface area contributed by atoms with Gasteiger partial charge in [0.1, 0.15) is 0 Å². The number of ether oxygens (including phenoxy) is 1. The van der Waals surface area contributed by atoms with Crippen molar-refractivity contribution < 1.29 is 14.3 Å². The Morgan fingerprint density at radius 3 is 2.50 bits per heavy atom. The average Bonchev–Trinajstić information content (AvgIpc) is 2.63. The van der Waals surface area contributed by atoms with Gasteiger partial charge in [0.05, 0.1) is 6.61 Å². The number of halogens is 1. The summed E-state index contributed by atoms with van der Waals surface area (Å²) in [6.07, 6.45) is 5.76. The summed E-state index contributed by atoms with van der Waals surface area (Å²) in [5, 5.41) is 0.611. The fourth-order valence-corrected chi connectivity index (χ4v) is 2.80. The fourth-order valence-electron chi connectivity index (χ4n) is 2.67. The Bertz CT molecular complexity index is 792. The van der Waals surface area contributed by atoms with E-state index in [-0.39, 0.29) is 11.8 Å². The van der Waals surface area contributed by atoms with Gasteiger partial charge < -0.3 is 4.74 Å². The van der Waals surface area contributed by atoms with Gasteiger partial charge in [-0.3, -0.25) is 9.59 Å². The third-order valence-electron chi connectivity index (χ3n) is 4.12. The minimum atomic E-state index is -0.177. The minimum Gasteiger partial charge on any atom is -0.466 e. The second-order valence-electron chi connectivity index (χ2n) is 5.94. The number of benzene rings is 2. The van der Waals surface area contributed by atoms with Crippen LogP contribution in [0.5, 0.6) is 0 Å². The van der Waals surface area contributed by atoms with E-state index in [9.17, 15) is 9.59 Å². The molecule has 0 unspecified atom stereocenters. The van der Waals surface area contributed by atoms with Gasteiger partial charge in [-0.25, -0.2) is 0 Å². The molecular weight excluding hydrogens is 348 g/mol. The lowest BCUT2D eigenvalue weighted by Crippen LogP contribution is -2.05. The van der Waals surface area contributed by atoms with Gasteiger partial charge in [0.15, 0.2) is 5.78 Å². The minimum absolute atomic E-state index is 0.00712. The molecule has 4 heteroatoms. The molecule has 0 aromatic heterocycles. The van der Waals surface area contributed by atoms with Gasteiger partial charge in [-0.05, 0) is 62.1 Å². The van der Waals surface area contributed by atoms with Crippen LogP contribution in [0, 0.1) is 6.92 Å². The molecule has 2 rings (SSSR count). The molecule has 0 bridgehead atoms. The van der Waals surface area contributed by atoms with Gasteiger partial charge >= 0.3 is 5.97 Å². The summed E-state index contributed by atoms with van der Waals surface area (Å²) in [4.78, 5) is 24.0. The highest BCUT2D eigenvalue weighted by atomic mass is 35.5. The second kappa shape index (κ2) is 9.93. The van der Waals surface area contributed by atoms with Crippen molar-refractivity contribution in [3.05, 3.63) is 81.9 Å². The number of esters is 1. The number of rotatable bonds is 8. The van der Waals surface area contributed by atoms with E-state index < -0.39 is 0 Å². The van der Waals surface area contributed by atoms with Crippen LogP contribution in [0.25, 0.3) is 0 Å². The van der Waals surface area contributed by atoms with Crippen molar-refractivity contribution in [1.29, 1.82) is 0 Å². The summed E-state index contributed by atoms with van der Waals surface area (Å²) < 4.78 is 4.90. The zero-order valence-corrected chi connectivity index (χ0v) is 15.9. The molecule has 2 aromatic carbocycles. The molecular formula is C22H23ClO3. The molecule has 0 amide bonds. The summed E-state index contributed by atoms with van der Waals surface area (Å²) in [6, 6.07) is 12.7. The molecule has 3 nitrogen and oxygen atoms in total. The van der Waals surface area contributed by atoms with Gasteiger partial charge in [-0.1, -0.05) is 42.0 Å². The normalized spacial score (nSPS) is 10.9. The maximum absolute atomic E-state index is 12.7. The van der Waals surface area contributed by atoms with Crippen LogP contribution < -0.4 is 0 Å². The third-order valence-corrected chi connectivity index (χ3v) is 4.37. The smallest absolute Gasteiger partial charge is 0.306 e. The zero-order chi connectivity index (χ0) is 18.9. The quantitative estimate of drug-likeness (QED) is 0.358. The highest BCUT2D eigenvalue weighted by Gasteiger charge is 2.13. The Hall–Kier alpha value is -2.39. The molecule has 0 atom stereocenters. The molecule has 0 radical (unpaired) electrons. The molecule has 26 heavy (non-hydrogen) atoms. The first-order chi connectivity index (χ1) is 12.5. The molecule has 0 spiro atoms. The van der Waals surface area contributed by atoms with E-state index >= 15 is 0 Å². The maximum atomic E-state index is 12.7. The molecule has 0 saturated heterocycles. The zero-order valence-electron chi connectivity index (χ0n) is 15.1. The van der Waals surface area contributed by atoms with Crippen LogP contribution in [-0.2, 0) is 16.0 Å². The Balaban J connectivity index is 2.03. The molecule has 0 N–H and O–H groups in total. The van der Waals surface area contributed by atoms with Gasteiger partial charge in [-0.2, -0.15) is 0 Å².